The molecular weight excluding hydrogens is 400 g/mol. The smallest absolute Gasteiger partial charge is 0.0942 e. The van der Waals surface area contributed by atoms with Crippen LogP contribution < -0.4 is 0 Å². The lowest BCUT2D eigenvalue weighted by molar-refractivity contribution is 1.14. The van der Waals surface area contributed by atoms with Crippen molar-refractivity contribution in [3.05, 3.63) is 120 Å². The van der Waals surface area contributed by atoms with Gasteiger partial charge in [-0.25, -0.2) is 0 Å². The second-order valence-electron chi connectivity index (χ2n) is 8.69. The first kappa shape index (κ1) is 19.5. The van der Waals surface area contributed by atoms with Crippen LogP contribution in [0.1, 0.15) is 11.1 Å². The van der Waals surface area contributed by atoms with Gasteiger partial charge in [0.15, 0.2) is 0 Å². The molecule has 2 aromatic heterocycles. The Morgan fingerprint density at radius 3 is 1.76 bits per heavy atom. The molecule has 0 spiro atoms. The molecule has 0 saturated heterocycles. The molecule has 0 aliphatic rings. The lowest BCUT2D eigenvalue weighted by Crippen LogP contribution is -1.99. The largest absolute Gasteiger partial charge is 0.307 e. The molecule has 6 rings (SSSR count). The second-order valence-corrected chi connectivity index (χ2v) is 8.69. The Bertz CT molecular complexity index is 1550. The minimum absolute atomic E-state index is 0.983. The van der Waals surface area contributed by atoms with Gasteiger partial charge in [-0.05, 0) is 61.4 Å². The van der Waals surface area contributed by atoms with Crippen LogP contribution in [-0.4, -0.2) is 9.55 Å². The standard InChI is InChI=1S/C31H24N2/c1-21-10-16-28-26(19-21)27-20-22(2)11-17-29(27)33(28)30-9-6-18-32-31(30)25-14-12-24(13-15-25)23-7-4-3-5-8-23/h3-20H,1-2H3. The molecule has 0 atom stereocenters. The average molecular weight is 425 g/mol. The third kappa shape index (κ3) is 3.32. The van der Waals surface area contributed by atoms with Gasteiger partial charge in [0.05, 0.1) is 22.4 Å². The molecular formula is C31H24N2. The van der Waals surface area contributed by atoms with Crippen LogP contribution >= 0.6 is 0 Å². The highest BCUT2D eigenvalue weighted by atomic mass is 15.0. The molecule has 6 aromatic rings. The zero-order chi connectivity index (χ0) is 22.4. The van der Waals surface area contributed by atoms with Crippen molar-refractivity contribution in [2.75, 3.05) is 0 Å². The van der Waals surface area contributed by atoms with Crippen molar-refractivity contribution in [3.63, 3.8) is 0 Å². The number of benzene rings is 4. The number of hydrogen-bond donors (Lipinski definition) is 0. The van der Waals surface area contributed by atoms with Gasteiger partial charge in [-0.1, -0.05) is 77.9 Å². The number of aromatic nitrogens is 2. The molecule has 0 unspecified atom stereocenters. The normalized spacial score (nSPS) is 11.3. The summed E-state index contributed by atoms with van der Waals surface area (Å²) in [4.78, 5) is 4.84. The first-order chi connectivity index (χ1) is 16.2. The summed E-state index contributed by atoms with van der Waals surface area (Å²) in [7, 11) is 0. The average Bonchev–Trinajstić information content (AvgIpc) is 3.17. The van der Waals surface area contributed by atoms with Crippen LogP contribution in [0, 0.1) is 13.8 Å². The maximum atomic E-state index is 4.84. The zero-order valence-corrected chi connectivity index (χ0v) is 18.8. The summed E-state index contributed by atoms with van der Waals surface area (Å²) >= 11 is 0. The zero-order valence-electron chi connectivity index (χ0n) is 18.8. The van der Waals surface area contributed by atoms with Crippen molar-refractivity contribution in [1.29, 1.82) is 0 Å². The molecule has 0 aliphatic carbocycles. The fourth-order valence-corrected chi connectivity index (χ4v) is 4.76. The molecule has 0 radical (unpaired) electrons. The first-order valence-electron chi connectivity index (χ1n) is 11.3. The molecule has 0 bridgehead atoms. The van der Waals surface area contributed by atoms with E-state index in [9.17, 15) is 0 Å². The number of aryl methyl sites for hydroxylation is 2. The quantitative estimate of drug-likeness (QED) is 0.280. The van der Waals surface area contributed by atoms with Gasteiger partial charge in [0.25, 0.3) is 0 Å². The summed E-state index contributed by atoms with van der Waals surface area (Å²) in [6, 6.07) is 36.8. The number of fused-ring (bicyclic) bond motifs is 3. The third-order valence-corrected chi connectivity index (χ3v) is 6.37. The van der Waals surface area contributed by atoms with Gasteiger partial charge in [0.1, 0.15) is 0 Å². The minimum Gasteiger partial charge on any atom is -0.307 e. The van der Waals surface area contributed by atoms with Crippen LogP contribution in [0.15, 0.2) is 109 Å². The Labute approximate surface area is 193 Å². The fraction of sp³-hybridized carbons (Fsp3) is 0.0645. The molecule has 0 fully saturated rings. The van der Waals surface area contributed by atoms with Crippen molar-refractivity contribution >= 4 is 21.8 Å². The van der Waals surface area contributed by atoms with Gasteiger partial charge in [0.2, 0.25) is 0 Å². The van der Waals surface area contributed by atoms with E-state index in [0.29, 0.717) is 0 Å². The predicted molar refractivity (Wildman–Crippen MR) is 139 cm³/mol. The summed E-state index contributed by atoms with van der Waals surface area (Å²) in [6.07, 6.45) is 1.88. The monoisotopic (exact) mass is 424 g/mol. The predicted octanol–water partition coefficient (Wildman–Crippen LogP) is 8.13. The van der Waals surface area contributed by atoms with E-state index in [1.807, 2.05) is 18.3 Å². The van der Waals surface area contributed by atoms with Crippen LogP contribution in [0.2, 0.25) is 0 Å². The Balaban J connectivity index is 1.57. The molecule has 158 valence electrons. The highest BCUT2D eigenvalue weighted by molar-refractivity contribution is 6.10. The van der Waals surface area contributed by atoms with Crippen LogP contribution in [0.3, 0.4) is 0 Å². The summed E-state index contributed by atoms with van der Waals surface area (Å²) in [5.74, 6) is 0. The Kier molecular flexibility index (Phi) is 4.58. The minimum atomic E-state index is 0.983. The van der Waals surface area contributed by atoms with Crippen molar-refractivity contribution in [3.8, 4) is 28.1 Å². The van der Waals surface area contributed by atoms with E-state index in [-0.39, 0.29) is 0 Å². The van der Waals surface area contributed by atoms with Crippen molar-refractivity contribution in [2.24, 2.45) is 0 Å². The van der Waals surface area contributed by atoms with Crippen molar-refractivity contribution < 1.29 is 0 Å². The molecule has 0 saturated carbocycles. The lowest BCUT2D eigenvalue weighted by Gasteiger charge is -2.13. The van der Waals surface area contributed by atoms with E-state index in [1.165, 1.54) is 44.1 Å². The molecule has 0 amide bonds. The SMILES string of the molecule is Cc1ccc2c(c1)c1cc(C)ccc1n2-c1cccnc1-c1ccc(-c2ccccc2)cc1. The van der Waals surface area contributed by atoms with Crippen LogP contribution in [-0.2, 0) is 0 Å². The Morgan fingerprint density at radius 2 is 1.12 bits per heavy atom. The van der Waals surface area contributed by atoms with E-state index in [1.54, 1.807) is 0 Å². The van der Waals surface area contributed by atoms with Gasteiger partial charge in [-0.3, -0.25) is 4.98 Å². The van der Waals surface area contributed by atoms with Gasteiger partial charge in [0, 0.05) is 22.5 Å². The van der Waals surface area contributed by atoms with E-state index >= 15 is 0 Å². The highest BCUT2D eigenvalue weighted by Gasteiger charge is 2.16. The summed E-state index contributed by atoms with van der Waals surface area (Å²) < 4.78 is 2.36. The maximum absolute atomic E-state index is 4.84. The van der Waals surface area contributed by atoms with Crippen LogP contribution in [0.25, 0.3) is 49.9 Å². The number of pyridine rings is 1. The highest BCUT2D eigenvalue weighted by Crippen LogP contribution is 2.36. The van der Waals surface area contributed by atoms with E-state index in [0.717, 1.165) is 16.9 Å². The summed E-state index contributed by atoms with van der Waals surface area (Å²) in [6.45, 7) is 4.31. The van der Waals surface area contributed by atoms with Gasteiger partial charge >= 0.3 is 0 Å². The molecule has 0 aliphatic heterocycles. The summed E-state index contributed by atoms with van der Waals surface area (Å²) in [5.41, 5.74) is 10.6. The van der Waals surface area contributed by atoms with E-state index in [2.05, 4.69) is 109 Å². The molecule has 2 heterocycles. The number of hydrogen-bond acceptors (Lipinski definition) is 1. The van der Waals surface area contributed by atoms with Crippen LogP contribution in [0.4, 0.5) is 0 Å². The first-order valence-corrected chi connectivity index (χ1v) is 11.3. The van der Waals surface area contributed by atoms with Crippen LogP contribution in [0.5, 0.6) is 0 Å². The number of nitrogens with zero attached hydrogens (tertiary/aromatic N) is 2. The second kappa shape index (κ2) is 7.75. The third-order valence-electron chi connectivity index (χ3n) is 6.37. The topological polar surface area (TPSA) is 17.8 Å². The summed E-state index contributed by atoms with van der Waals surface area (Å²) in [5, 5.41) is 2.56. The van der Waals surface area contributed by atoms with Gasteiger partial charge < -0.3 is 4.57 Å². The molecule has 33 heavy (non-hydrogen) atoms. The van der Waals surface area contributed by atoms with Gasteiger partial charge in [-0.2, -0.15) is 0 Å². The van der Waals surface area contributed by atoms with Crippen molar-refractivity contribution in [1.82, 2.24) is 9.55 Å². The molecule has 2 nitrogen and oxygen atoms in total. The number of rotatable bonds is 3. The molecule has 2 heteroatoms. The van der Waals surface area contributed by atoms with E-state index in [4.69, 9.17) is 4.98 Å². The Morgan fingerprint density at radius 1 is 0.545 bits per heavy atom. The van der Waals surface area contributed by atoms with E-state index < -0.39 is 0 Å². The molecule has 4 aromatic carbocycles. The van der Waals surface area contributed by atoms with Gasteiger partial charge in [-0.15, -0.1) is 0 Å². The fourth-order valence-electron chi connectivity index (χ4n) is 4.76. The maximum Gasteiger partial charge on any atom is 0.0942 e. The van der Waals surface area contributed by atoms with Crippen molar-refractivity contribution in [2.45, 2.75) is 13.8 Å². The lowest BCUT2D eigenvalue weighted by atomic mass is 10.0. The Hall–Kier alpha value is -4.17. The molecule has 0 N–H and O–H groups in total.